The minimum Gasteiger partial charge on any atom is -0.455 e. The Kier molecular flexibility index (Phi) is 16.8. The molecule has 0 aliphatic heterocycles. The van der Waals surface area contributed by atoms with E-state index < -0.39 is 0 Å². The molecule has 80 heavy (non-hydrogen) atoms. The van der Waals surface area contributed by atoms with Crippen molar-refractivity contribution in [2.45, 2.75) is 6.42 Å². The minimum absolute atomic E-state index is 0. The van der Waals surface area contributed by atoms with Crippen LogP contribution in [0.25, 0.3) is 88.4 Å². The summed E-state index contributed by atoms with van der Waals surface area (Å²) in [4.78, 5) is 2.25. The number of fused-ring (bicyclic) bond motifs is 6. The van der Waals surface area contributed by atoms with Crippen molar-refractivity contribution in [1.29, 1.82) is 0 Å². The fourth-order valence-electron chi connectivity index (χ4n) is 10.1. The summed E-state index contributed by atoms with van der Waals surface area (Å²) in [5.74, 6) is 0. The first-order valence-electron chi connectivity index (χ1n) is 26.2. The standard InChI is InChI=1S/C36H24ClNO.C31H22O.C6H4ClI.V/c37-28-17-23-31(24-18-28)38(29-19-13-26(14-20-29)25-7-2-1-3-8-25)30-21-15-27(16-22-30)32-10-6-11-34-33-9-4-5-12-35(33)39-36(32)34;1-2-7-24(8-3-1)25-17-13-22(14-18-25)21-23-15-19-26(20-16-23)27-10-6-11-29-28-9-4-5-12-30(28)32-31(27)29;7-5-1-3-6(8)4-2-5;/h1-24H;1-20H,21H2;1-4H;. The summed E-state index contributed by atoms with van der Waals surface area (Å²) in [5, 5.41) is 6.12. The maximum Gasteiger partial charge on any atom is 0.143 e. The molecule has 0 saturated carbocycles. The zero-order valence-electron chi connectivity index (χ0n) is 43.3. The van der Waals surface area contributed by atoms with Crippen LogP contribution in [-0.2, 0) is 25.0 Å². The van der Waals surface area contributed by atoms with E-state index in [1.165, 1.54) is 53.3 Å². The SMILES string of the molecule is Clc1ccc(I)cc1.Clc1ccc(N(c2ccc(-c3ccccc3)cc2)c2ccc(-c3cccc4c3oc3ccccc34)cc2)cc1.[V].c1ccc(-c2ccc(Cc3ccc(-c4cccc5c4oc4ccccc45)cc3)cc2)cc1. The molecule has 0 fully saturated rings. The van der Waals surface area contributed by atoms with Gasteiger partial charge in [-0.2, -0.15) is 0 Å². The van der Waals surface area contributed by atoms with E-state index in [0.29, 0.717) is 5.02 Å². The molecule has 0 aliphatic carbocycles. The molecular formula is C73H50Cl2INO2V. The Morgan fingerprint density at radius 3 is 1.05 bits per heavy atom. The molecule has 0 saturated heterocycles. The number of anilines is 3. The van der Waals surface area contributed by atoms with Gasteiger partial charge in [0, 0.05) is 81.9 Å². The molecule has 0 amide bonds. The Morgan fingerprint density at radius 2 is 0.625 bits per heavy atom. The van der Waals surface area contributed by atoms with Crippen LogP contribution in [0, 0.1) is 3.57 Å². The number of nitrogens with zero attached hydrogens (tertiary/aromatic N) is 1. The van der Waals surface area contributed by atoms with Crippen molar-refractivity contribution in [3.63, 3.8) is 0 Å². The van der Waals surface area contributed by atoms with Gasteiger partial charge in [-0.05, 0) is 158 Å². The van der Waals surface area contributed by atoms with Crippen molar-refractivity contribution in [2.24, 2.45) is 0 Å². The van der Waals surface area contributed by atoms with Crippen molar-refractivity contribution < 1.29 is 27.4 Å². The number of rotatable bonds is 9. The molecule has 385 valence electrons. The van der Waals surface area contributed by atoms with Gasteiger partial charge < -0.3 is 13.7 Å². The van der Waals surface area contributed by atoms with E-state index in [9.17, 15) is 0 Å². The molecule has 7 heteroatoms. The second-order valence-corrected chi connectivity index (χ2v) is 21.3. The Balaban J connectivity index is 0.000000148. The van der Waals surface area contributed by atoms with Gasteiger partial charge >= 0.3 is 0 Å². The van der Waals surface area contributed by atoms with Crippen LogP contribution >= 0.6 is 45.8 Å². The summed E-state index contributed by atoms with van der Waals surface area (Å²) in [6, 6.07) is 101. The third-order valence-corrected chi connectivity index (χ3v) is 15.3. The maximum atomic E-state index is 6.29. The smallest absolute Gasteiger partial charge is 0.143 e. The summed E-state index contributed by atoms with van der Waals surface area (Å²) in [7, 11) is 0. The van der Waals surface area contributed by atoms with Crippen LogP contribution in [-0.4, -0.2) is 0 Å². The molecule has 12 aromatic carbocycles. The number of hydrogen-bond donors (Lipinski definition) is 0. The van der Waals surface area contributed by atoms with Gasteiger partial charge in [0.25, 0.3) is 0 Å². The van der Waals surface area contributed by atoms with Crippen molar-refractivity contribution in [1.82, 2.24) is 0 Å². The average molecular weight is 1220 g/mol. The van der Waals surface area contributed by atoms with Crippen LogP contribution in [0.4, 0.5) is 17.1 Å². The van der Waals surface area contributed by atoms with Crippen LogP contribution in [0.1, 0.15) is 11.1 Å². The van der Waals surface area contributed by atoms with Gasteiger partial charge in [0.15, 0.2) is 0 Å². The van der Waals surface area contributed by atoms with Gasteiger partial charge in [-0.25, -0.2) is 0 Å². The summed E-state index contributed by atoms with van der Waals surface area (Å²) >= 11 is 14.1. The topological polar surface area (TPSA) is 29.5 Å². The molecule has 0 bridgehead atoms. The maximum absolute atomic E-state index is 6.29. The van der Waals surface area contributed by atoms with E-state index in [-0.39, 0.29) is 18.6 Å². The van der Waals surface area contributed by atoms with Gasteiger partial charge in [-0.3, -0.25) is 0 Å². The van der Waals surface area contributed by atoms with Gasteiger partial charge in [-0.1, -0.05) is 229 Å². The number of benzene rings is 12. The first-order valence-corrected chi connectivity index (χ1v) is 28.0. The van der Waals surface area contributed by atoms with Crippen LogP contribution in [0.5, 0.6) is 0 Å². The molecular weight excluding hydrogens is 1170 g/mol. The molecule has 14 rings (SSSR count). The van der Waals surface area contributed by atoms with Crippen LogP contribution in [0.2, 0.25) is 10.0 Å². The summed E-state index contributed by atoms with van der Waals surface area (Å²) < 4.78 is 13.7. The van der Waals surface area contributed by atoms with Crippen LogP contribution < -0.4 is 4.90 Å². The second-order valence-electron chi connectivity index (χ2n) is 19.2. The Hall–Kier alpha value is -8.07. The molecule has 0 unspecified atom stereocenters. The summed E-state index contributed by atoms with van der Waals surface area (Å²) in [6.45, 7) is 0. The quantitative estimate of drug-likeness (QED) is 0.135. The molecule has 0 atom stereocenters. The predicted molar refractivity (Wildman–Crippen MR) is 342 cm³/mol. The van der Waals surface area contributed by atoms with Gasteiger partial charge in [0.2, 0.25) is 0 Å². The van der Waals surface area contributed by atoms with E-state index >= 15 is 0 Å². The fourth-order valence-corrected chi connectivity index (χ4v) is 10.7. The number of halogens is 3. The third kappa shape index (κ3) is 12.1. The van der Waals surface area contributed by atoms with Crippen molar-refractivity contribution in [3.05, 3.63) is 316 Å². The Labute approximate surface area is 501 Å². The molecule has 3 nitrogen and oxygen atoms in total. The zero-order valence-corrected chi connectivity index (χ0v) is 48.3. The molecule has 1 radical (unpaired) electrons. The van der Waals surface area contributed by atoms with Crippen molar-refractivity contribution in [3.8, 4) is 44.5 Å². The molecule has 14 aromatic rings. The van der Waals surface area contributed by atoms with E-state index in [0.717, 1.165) is 78.3 Å². The summed E-state index contributed by atoms with van der Waals surface area (Å²) in [6.07, 6.45) is 0.921. The fraction of sp³-hybridized carbons (Fsp3) is 0.0137. The van der Waals surface area contributed by atoms with Crippen LogP contribution in [0.3, 0.4) is 0 Å². The molecule has 0 N–H and O–H groups in total. The minimum atomic E-state index is 0. The van der Waals surface area contributed by atoms with Gasteiger partial charge in [0.05, 0.1) is 0 Å². The van der Waals surface area contributed by atoms with Gasteiger partial charge in [0.1, 0.15) is 22.3 Å². The van der Waals surface area contributed by atoms with Crippen molar-refractivity contribution >= 4 is 107 Å². The first kappa shape index (κ1) is 53.9. The second kappa shape index (κ2) is 24.9. The molecule has 0 aliphatic rings. The normalized spacial score (nSPS) is 10.9. The molecule has 2 aromatic heterocycles. The third-order valence-electron chi connectivity index (χ3n) is 14.1. The largest absolute Gasteiger partial charge is 0.455 e. The monoisotopic (exact) mass is 1220 g/mol. The number of para-hydroxylation sites is 4. The van der Waals surface area contributed by atoms with E-state index in [4.69, 9.17) is 32.0 Å². The first-order chi connectivity index (χ1) is 38.9. The molecule has 2 heterocycles. The summed E-state index contributed by atoms with van der Waals surface area (Å²) in [5.41, 5.74) is 18.9. The van der Waals surface area contributed by atoms with E-state index in [1.807, 2.05) is 66.7 Å². The zero-order chi connectivity index (χ0) is 53.5. The molecule has 0 spiro atoms. The number of furan rings is 2. The van der Waals surface area contributed by atoms with E-state index in [2.05, 4.69) is 252 Å². The Bertz CT molecular complexity index is 4300. The van der Waals surface area contributed by atoms with Crippen molar-refractivity contribution in [2.75, 3.05) is 4.90 Å². The Morgan fingerprint density at radius 1 is 0.300 bits per heavy atom. The van der Waals surface area contributed by atoms with Crippen LogP contribution in [0.15, 0.2) is 300 Å². The van der Waals surface area contributed by atoms with E-state index in [1.54, 1.807) is 0 Å². The average Bonchev–Trinajstić information content (AvgIpc) is 4.12. The number of hydrogen-bond acceptors (Lipinski definition) is 3. The van der Waals surface area contributed by atoms with Gasteiger partial charge in [-0.15, -0.1) is 0 Å². The predicted octanol–water partition coefficient (Wildman–Crippen LogP) is 22.5.